The quantitative estimate of drug-likeness (QED) is 0.733. The van der Waals surface area contributed by atoms with E-state index < -0.39 is 17.8 Å². The molecule has 0 fully saturated rings. The summed E-state index contributed by atoms with van der Waals surface area (Å²) in [6.07, 6.45) is -5.18. The van der Waals surface area contributed by atoms with Gasteiger partial charge < -0.3 is 15.5 Å². The van der Waals surface area contributed by atoms with E-state index in [1.54, 1.807) is 0 Å². The zero-order valence-corrected chi connectivity index (χ0v) is 9.04. The lowest BCUT2D eigenvalue weighted by molar-refractivity contribution is -0.137. The molecule has 17 heavy (non-hydrogen) atoms. The van der Waals surface area contributed by atoms with Crippen LogP contribution in [-0.4, -0.2) is 29.5 Å². The molecule has 0 aliphatic carbocycles. The van der Waals surface area contributed by atoms with Gasteiger partial charge in [0.05, 0.1) is 18.3 Å². The van der Waals surface area contributed by atoms with E-state index in [0.717, 1.165) is 12.1 Å². The molecule has 1 rings (SSSR count). The predicted molar refractivity (Wildman–Crippen MR) is 56.2 cm³/mol. The molecule has 3 nitrogen and oxygen atoms in total. The Hall–Kier alpha value is -1.11. The van der Waals surface area contributed by atoms with Crippen molar-refractivity contribution >= 4 is 0 Å². The van der Waals surface area contributed by atoms with Crippen LogP contribution in [0.5, 0.6) is 0 Å². The van der Waals surface area contributed by atoms with Crippen molar-refractivity contribution in [1.29, 1.82) is 0 Å². The minimum absolute atomic E-state index is 0.192. The number of aliphatic hydroxyl groups excluding tert-OH is 2. The molecule has 0 aliphatic rings. The highest BCUT2D eigenvalue weighted by Gasteiger charge is 2.29. The zero-order chi connectivity index (χ0) is 12.9. The van der Waals surface area contributed by atoms with Gasteiger partial charge in [-0.15, -0.1) is 0 Å². The minimum Gasteiger partial charge on any atom is -0.394 e. The van der Waals surface area contributed by atoms with Crippen LogP contribution in [0.2, 0.25) is 0 Å². The third-order valence-electron chi connectivity index (χ3n) is 2.20. The van der Waals surface area contributed by atoms with Crippen molar-refractivity contribution in [2.45, 2.75) is 18.8 Å². The molecule has 0 saturated carbocycles. The topological polar surface area (TPSA) is 52.5 Å². The molecule has 0 aromatic heterocycles. The van der Waals surface area contributed by atoms with Gasteiger partial charge in [0.15, 0.2) is 0 Å². The molecule has 1 aromatic rings. The summed E-state index contributed by atoms with van der Waals surface area (Å²) in [5.74, 6) is 0. The van der Waals surface area contributed by atoms with Gasteiger partial charge in [0.1, 0.15) is 0 Å². The number of hydrogen-bond donors (Lipinski definition) is 3. The molecule has 0 radical (unpaired) electrons. The van der Waals surface area contributed by atoms with Crippen LogP contribution in [0.4, 0.5) is 13.2 Å². The Morgan fingerprint density at radius 2 is 1.76 bits per heavy atom. The van der Waals surface area contributed by atoms with E-state index in [4.69, 9.17) is 10.2 Å². The summed E-state index contributed by atoms with van der Waals surface area (Å²) >= 11 is 0. The molecule has 6 heteroatoms. The summed E-state index contributed by atoms with van der Waals surface area (Å²) in [6, 6.07) is 4.78. The van der Waals surface area contributed by atoms with Crippen LogP contribution in [0.15, 0.2) is 24.3 Å². The first-order chi connectivity index (χ1) is 7.93. The highest BCUT2D eigenvalue weighted by molar-refractivity contribution is 5.24. The molecule has 1 aromatic carbocycles. The highest BCUT2D eigenvalue weighted by atomic mass is 19.4. The largest absolute Gasteiger partial charge is 0.416 e. The van der Waals surface area contributed by atoms with Crippen LogP contribution in [-0.2, 0) is 12.7 Å². The maximum absolute atomic E-state index is 12.2. The number of halogens is 3. The fraction of sp³-hybridized carbons (Fsp3) is 0.455. The van der Waals surface area contributed by atoms with Gasteiger partial charge in [-0.25, -0.2) is 0 Å². The van der Waals surface area contributed by atoms with Crippen LogP contribution in [0.25, 0.3) is 0 Å². The fourth-order valence-electron chi connectivity index (χ4n) is 1.26. The molecule has 1 atom stereocenters. The fourth-order valence-corrected chi connectivity index (χ4v) is 1.26. The third kappa shape index (κ3) is 4.72. The van der Waals surface area contributed by atoms with E-state index in [-0.39, 0.29) is 13.2 Å². The van der Waals surface area contributed by atoms with Gasteiger partial charge in [0.2, 0.25) is 0 Å². The summed E-state index contributed by atoms with van der Waals surface area (Å²) in [5.41, 5.74) is -0.000201. The van der Waals surface area contributed by atoms with Gasteiger partial charge in [-0.3, -0.25) is 0 Å². The summed E-state index contributed by atoms with van der Waals surface area (Å²) in [4.78, 5) is 0. The Morgan fingerprint density at radius 3 is 2.24 bits per heavy atom. The first kappa shape index (κ1) is 14.0. The van der Waals surface area contributed by atoms with E-state index in [2.05, 4.69) is 5.32 Å². The average Bonchev–Trinajstić information content (AvgIpc) is 2.28. The standard InChI is InChI=1S/C11H14F3NO2/c12-11(13,14)9-3-1-8(2-4-9)5-15-6-10(17)7-16/h1-4,10,15-17H,5-7H2/t10-/m1/s1. The molecule has 3 N–H and O–H groups in total. The number of hydrogen-bond acceptors (Lipinski definition) is 3. The molecule has 0 aliphatic heterocycles. The average molecular weight is 249 g/mol. The lowest BCUT2D eigenvalue weighted by atomic mass is 10.1. The van der Waals surface area contributed by atoms with Crippen molar-refractivity contribution in [2.24, 2.45) is 0 Å². The van der Waals surface area contributed by atoms with Crippen molar-refractivity contribution < 1.29 is 23.4 Å². The maximum atomic E-state index is 12.2. The normalized spacial score (nSPS) is 13.7. The van der Waals surface area contributed by atoms with Gasteiger partial charge in [0.25, 0.3) is 0 Å². The van der Waals surface area contributed by atoms with Crippen molar-refractivity contribution in [1.82, 2.24) is 5.32 Å². The summed E-state index contributed by atoms with van der Waals surface area (Å²) in [6.45, 7) is 0.187. The number of benzene rings is 1. The molecule has 96 valence electrons. The van der Waals surface area contributed by atoms with Gasteiger partial charge in [0, 0.05) is 13.1 Å². The van der Waals surface area contributed by atoms with E-state index in [0.29, 0.717) is 12.1 Å². The molecule has 0 bridgehead atoms. The van der Waals surface area contributed by atoms with Crippen molar-refractivity contribution in [2.75, 3.05) is 13.2 Å². The second kappa shape index (κ2) is 6.00. The Morgan fingerprint density at radius 1 is 1.18 bits per heavy atom. The second-order valence-corrected chi connectivity index (χ2v) is 3.66. The number of nitrogens with one attached hydrogen (secondary N) is 1. The maximum Gasteiger partial charge on any atom is 0.416 e. The third-order valence-corrected chi connectivity index (χ3v) is 2.20. The Balaban J connectivity index is 2.46. The van der Waals surface area contributed by atoms with Gasteiger partial charge in [-0.05, 0) is 17.7 Å². The lowest BCUT2D eigenvalue weighted by Gasteiger charge is -2.10. The van der Waals surface area contributed by atoms with Crippen molar-refractivity contribution in [3.8, 4) is 0 Å². The first-order valence-electron chi connectivity index (χ1n) is 5.09. The monoisotopic (exact) mass is 249 g/mol. The zero-order valence-electron chi connectivity index (χ0n) is 9.04. The number of rotatable bonds is 5. The minimum atomic E-state index is -4.32. The van der Waals surface area contributed by atoms with Crippen LogP contribution < -0.4 is 5.32 Å². The summed E-state index contributed by atoms with van der Waals surface area (Å²) in [7, 11) is 0. The van der Waals surface area contributed by atoms with Crippen LogP contribution in [0.3, 0.4) is 0 Å². The Labute approximate surface area is 96.9 Å². The Bertz CT molecular complexity index is 338. The molecular formula is C11H14F3NO2. The number of aliphatic hydroxyl groups is 2. The first-order valence-corrected chi connectivity index (χ1v) is 5.09. The molecule has 0 unspecified atom stereocenters. The Kier molecular flexibility index (Phi) is 4.92. The van der Waals surface area contributed by atoms with Gasteiger partial charge in [-0.1, -0.05) is 12.1 Å². The van der Waals surface area contributed by atoms with E-state index in [1.807, 2.05) is 0 Å². The van der Waals surface area contributed by atoms with Gasteiger partial charge >= 0.3 is 6.18 Å². The SMILES string of the molecule is OC[C@H](O)CNCc1ccc(C(F)(F)F)cc1. The second-order valence-electron chi connectivity index (χ2n) is 3.66. The molecule has 0 amide bonds. The molecule has 0 saturated heterocycles. The van der Waals surface area contributed by atoms with Crippen molar-refractivity contribution in [3.05, 3.63) is 35.4 Å². The van der Waals surface area contributed by atoms with Gasteiger partial charge in [-0.2, -0.15) is 13.2 Å². The molecular weight excluding hydrogens is 235 g/mol. The van der Waals surface area contributed by atoms with Crippen LogP contribution in [0, 0.1) is 0 Å². The van der Waals surface area contributed by atoms with Crippen LogP contribution in [0.1, 0.15) is 11.1 Å². The predicted octanol–water partition coefficient (Wildman–Crippen LogP) is 1.15. The lowest BCUT2D eigenvalue weighted by Crippen LogP contribution is -2.28. The highest BCUT2D eigenvalue weighted by Crippen LogP contribution is 2.28. The number of alkyl halides is 3. The van der Waals surface area contributed by atoms with E-state index in [1.165, 1.54) is 12.1 Å². The molecule has 0 spiro atoms. The van der Waals surface area contributed by atoms with Crippen LogP contribution >= 0.6 is 0 Å². The summed E-state index contributed by atoms with van der Waals surface area (Å²) < 4.78 is 36.7. The van der Waals surface area contributed by atoms with E-state index >= 15 is 0 Å². The smallest absolute Gasteiger partial charge is 0.394 e. The van der Waals surface area contributed by atoms with E-state index in [9.17, 15) is 13.2 Å². The summed E-state index contributed by atoms with van der Waals surface area (Å²) in [5, 5.41) is 20.4. The van der Waals surface area contributed by atoms with Crippen molar-refractivity contribution in [3.63, 3.8) is 0 Å². The molecule has 0 heterocycles.